The van der Waals surface area contributed by atoms with Gasteiger partial charge >= 0.3 is 11.7 Å². The lowest BCUT2D eigenvalue weighted by molar-refractivity contribution is -0.386. The summed E-state index contributed by atoms with van der Waals surface area (Å²) in [6.07, 6.45) is 1.42. The number of hydrazone groups is 1. The maximum Gasteiger partial charge on any atom is 0.335 e. The van der Waals surface area contributed by atoms with Gasteiger partial charge in [-0.3, -0.25) is 14.9 Å². The Kier molecular flexibility index (Phi) is 6.27. The Morgan fingerprint density at radius 1 is 1.14 bits per heavy atom. The first-order valence-electron chi connectivity index (χ1n) is 10.5. The first-order chi connectivity index (χ1) is 16.8. The van der Waals surface area contributed by atoms with Crippen LogP contribution >= 0.6 is 0 Å². The van der Waals surface area contributed by atoms with Gasteiger partial charge in [0, 0.05) is 11.6 Å². The molecule has 2 N–H and O–H groups in total. The van der Waals surface area contributed by atoms with Gasteiger partial charge in [-0.15, -0.1) is 0 Å². The molecule has 1 amide bonds. The number of carboxylic acid groups (broad SMARTS) is 1. The molecule has 0 fully saturated rings. The van der Waals surface area contributed by atoms with Crippen molar-refractivity contribution in [1.29, 1.82) is 0 Å². The summed E-state index contributed by atoms with van der Waals surface area (Å²) in [6, 6.07) is 17.2. The molecule has 3 aromatic carbocycles. The summed E-state index contributed by atoms with van der Waals surface area (Å²) in [4.78, 5) is 35.6. The first-order valence-corrected chi connectivity index (χ1v) is 10.5. The van der Waals surface area contributed by atoms with Crippen molar-refractivity contribution in [3.63, 3.8) is 0 Å². The van der Waals surface area contributed by atoms with Crippen molar-refractivity contribution in [3.05, 3.63) is 99.1 Å². The topological polar surface area (TPSA) is 143 Å². The fraction of sp³-hybridized carbons (Fsp3) is 0.0800. The quantitative estimate of drug-likeness (QED) is 0.297. The van der Waals surface area contributed by atoms with Crippen LogP contribution < -0.4 is 9.75 Å². The lowest BCUT2D eigenvalue weighted by Gasteiger charge is -2.12. The number of benzene rings is 3. The highest BCUT2D eigenvalue weighted by Gasteiger charge is 2.33. The van der Waals surface area contributed by atoms with Crippen molar-refractivity contribution < 1.29 is 29.5 Å². The Hall–Kier alpha value is -4.99. The molecule has 10 heteroatoms. The maximum absolute atomic E-state index is 13.5. The zero-order chi connectivity index (χ0) is 25.1. The zero-order valence-corrected chi connectivity index (χ0v) is 18.4. The molecule has 0 radical (unpaired) electrons. The number of hydrogen-bond acceptors (Lipinski definition) is 7. The molecule has 0 saturated heterocycles. The standard InChI is InChI=1S/C25H19N3O7/c1-2-35-21-13-15(12-20(23(21)29)28(33)34)11-19-22(16-7-4-3-5-8-16)26-27(24(19)30)18-10-6-9-17(14-18)25(31)32/h3-14,29H,2H2,1H3,(H,31,32)/b19-11-. The summed E-state index contributed by atoms with van der Waals surface area (Å²) in [5.41, 5.74) is 0.938. The third-order valence-corrected chi connectivity index (χ3v) is 5.15. The van der Waals surface area contributed by atoms with Crippen LogP contribution in [0.25, 0.3) is 6.08 Å². The summed E-state index contributed by atoms with van der Waals surface area (Å²) >= 11 is 0. The van der Waals surface area contributed by atoms with Gasteiger partial charge in [-0.25, -0.2) is 4.79 Å². The lowest BCUT2D eigenvalue weighted by Crippen LogP contribution is -2.21. The molecule has 0 aromatic heterocycles. The number of aromatic carboxylic acids is 1. The Balaban J connectivity index is 1.87. The number of ether oxygens (including phenoxy) is 1. The Morgan fingerprint density at radius 2 is 1.89 bits per heavy atom. The highest BCUT2D eigenvalue weighted by Crippen LogP contribution is 2.38. The fourth-order valence-corrected chi connectivity index (χ4v) is 3.57. The van der Waals surface area contributed by atoms with E-state index in [4.69, 9.17) is 4.74 Å². The van der Waals surface area contributed by atoms with Crippen LogP contribution in [0.15, 0.2) is 77.4 Å². The van der Waals surface area contributed by atoms with E-state index in [1.807, 2.05) is 0 Å². The summed E-state index contributed by atoms with van der Waals surface area (Å²) in [5, 5.41) is 36.5. The molecular formula is C25H19N3O7. The molecule has 1 aliphatic heterocycles. The molecular weight excluding hydrogens is 454 g/mol. The van der Waals surface area contributed by atoms with E-state index in [0.29, 0.717) is 11.3 Å². The molecule has 0 aliphatic carbocycles. The molecule has 10 nitrogen and oxygen atoms in total. The van der Waals surface area contributed by atoms with Gasteiger partial charge in [-0.2, -0.15) is 10.1 Å². The van der Waals surface area contributed by atoms with Crippen molar-refractivity contribution in [1.82, 2.24) is 0 Å². The van der Waals surface area contributed by atoms with E-state index in [1.165, 1.54) is 30.3 Å². The molecule has 1 heterocycles. The number of phenols is 1. The molecule has 4 rings (SSSR count). The Bertz CT molecular complexity index is 1400. The number of carbonyl (C=O) groups is 2. The number of aromatic hydroxyl groups is 1. The lowest BCUT2D eigenvalue weighted by atomic mass is 10.00. The SMILES string of the molecule is CCOc1cc(/C=C2\C(=O)N(c3cccc(C(=O)O)c3)N=C2c2ccccc2)cc([N+](=O)[O-])c1O. The van der Waals surface area contributed by atoms with Crippen molar-refractivity contribution >= 4 is 35.0 Å². The second-order valence-electron chi connectivity index (χ2n) is 7.42. The molecule has 1 aliphatic rings. The minimum atomic E-state index is -1.15. The van der Waals surface area contributed by atoms with Crippen molar-refractivity contribution in [3.8, 4) is 11.5 Å². The molecule has 0 bridgehead atoms. The normalized spacial score (nSPS) is 14.2. The van der Waals surface area contributed by atoms with E-state index in [9.17, 15) is 29.9 Å². The van der Waals surface area contributed by atoms with Gasteiger partial charge in [-0.1, -0.05) is 36.4 Å². The number of hydrogen-bond donors (Lipinski definition) is 2. The summed E-state index contributed by atoms with van der Waals surface area (Å²) in [5.74, 6) is -2.41. The number of nitrogens with zero attached hydrogens (tertiary/aromatic N) is 3. The van der Waals surface area contributed by atoms with Crippen LogP contribution in [0, 0.1) is 10.1 Å². The number of amides is 1. The van der Waals surface area contributed by atoms with Gasteiger partial charge in [-0.05, 0) is 42.8 Å². The van der Waals surface area contributed by atoms with Crippen LogP contribution in [0.5, 0.6) is 11.5 Å². The van der Waals surface area contributed by atoms with Gasteiger partial charge < -0.3 is 14.9 Å². The van der Waals surface area contributed by atoms with Gasteiger partial charge in [0.15, 0.2) is 5.75 Å². The van der Waals surface area contributed by atoms with Crippen LogP contribution in [0.1, 0.15) is 28.4 Å². The molecule has 0 spiro atoms. The molecule has 3 aromatic rings. The van der Waals surface area contributed by atoms with Crippen LogP contribution in [0.4, 0.5) is 11.4 Å². The van der Waals surface area contributed by atoms with Gasteiger partial charge in [0.05, 0.1) is 28.4 Å². The fourth-order valence-electron chi connectivity index (χ4n) is 3.57. The predicted octanol–water partition coefficient (Wildman–Crippen LogP) is 4.23. The number of nitro benzene ring substituents is 1. The maximum atomic E-state index is 13.5. The van der Waals surface area contributed by atoms with Crippen molar-refractivity contribution in [2.45, 2.75) is 6.92 Å². The predicted molar refractivity (Wildman–Crippen MR) is 128 cm³/mol. The van der Waals surface area contributed by atoms with Crippen LogP contribution in [0.3, 0.4) is 0 Å². The number of carbonyl (C=O) groups excluding carboxylic acids is 1. The summed E-state index contributed by atoms with van der Waals surface area (Å²) in [7, 11) is 0. The summed E-state index contributed by atoms with van der Waals surface area (Å²) < 4.78 is 5.33. The molecule has 0 unspecified atom stereocenters. The molecule has 0 atom stereocenters. The van der Waals surface area contributed by atoms with Gasteiger partial charge in [0.25, 0.3) is 5.91 Å². The average Bonchev–Trinajstić information content (AvgIpc) is 3.17. The smallest absolute Gasteiger partial charge is 0.335 e. The van der Waals surface area contributed by atoms with Crippen LogP contribution in [0.2, 0.25) is 0 Å². The van der Waals surface area contributed by atoms with E-state index in [2.05, 4.69) is 5.10 Å². The number of anilines is 1. The Labute approximate surface area is 199 Å². The number of rotatable bonds is 7. The van der Waals surface area contributed by atoms with Crippen molar-refractivity contribution in [2.24, 2.45) is 5.10 Å². The average molecular weight is 473 g/mol. The third-order valence-electron chi connectivity index (χ3n) is 5.15. The highest BCUT2D eigenvalue weighted by molar-refractivity contribution is 6.37. The Morgan fingerprint density at radius 3 is 2.54 bits per heavy atom. The van der Waals surface area contributed by atoms with Gasteiger partial charge in [0.1, 0.15) is 5.71 Å². The van der Waals surface area contributed by atoms with Crippen LogP contribution in [-0.4, -0.2) is 39.3 Å². The highest BCUT2D eigenvalue weighted by atomic mass is 16.6. The minimum absolute atomic E-state index is 0.0142. The number of phenolic OH excluding ortho intramolecular Hbond substituents is 1. The molecule has 0 saturated carbocycles. The van der Waals surface area contributed by atoms with E-state index in [1.54, 1.807) is 43.3 Å². The zero-order valence-electron chi connectivity index (χ0n) is 18.4. The number of carboxylic acids is 1. The van der Waals surface area contributed by atoms with Crippen LogP contribution in [-0.2, 0) is 4.79 Å². The third kappa shape index (κ3) is 4.58. The van der Waals surface area contributed by atoms with E-state index < -0.39 is 28.2 Å². The van der Waals surface area contributed by atoms with Crippen molar-refractivity contribution in [2.75, 3.05) is 11.6 Å². The monoisotopic (exact) mass is 473 g/mol. The second-order valence-corrected chi connectivity index (χ2v) is 7.42. The largest absolute Gasteiger partial charge is 0.500 e. The molecule has 35 heavy (non-hydrogen) atoms. The summed E-state index contributed by atoms with van der Waals surface area (Å²) in [6.45, 7) is 1.83. The van der Waals surface area contributed by atoms with E-state index >= 15 is 0 Å². The molecule has 176 valence electrons. The van der Waals surface area contributed by atoms with E-state index in [-0.39, 0.29) is 34.7 Å². The minimum Gasteiger partial charge on any atom is -0.500 e. The second kappa shape index (κ2) is 9.48. The van der Waals surface area contributed by atoms with E-state index in [0.717, 1.165) is 11.1 Å². The number of nitro groups is 1. The van der Waals surface area contributed by atoms with Gasteiger partial charge in [0.2, 0.25) is 5.75 Å². The first kappa shape index (κ1) is 23.2.